The van der Waals surface area contributed by atoms with Gasteiger partial charge in [0, 0.05) is 25.0 Å². The second kappa shape index (κ2) is 7.45. The molecule has 1 aromatic heterocycles. The number of aromatic nitrogens is 3. The van der Waals surface area contributed by atoms with Crippen LogP contribution in [-0.2, 0) is 19.8 Å². The summed E-state index contributed by atoms with van der Waals surface area (Å²) in [5.74, 6) is 1.71. The van der Waals surface area contributed by atoms with E-state index in [9.17, 15) is 0 Å². The van der Waals surface area contributed by atoms with E-state index >= 15 is 0 Å². The van der Waals surface area contributed by atoms with Gasteiger partial charge in [-0.25, -0.2) is 4.68 Å². The number of hydrogen-bond acceptors (Lipinski definition) is 3. The summed E-state index contributed by atoms with van der Waals surface area (Å²) >= 11 is 5.68. The molecule has 0 saturated heterocycles. The Morgan fingerprint density at radius 3 is 2.62 bits per heavy atom. The molecular formula is C19H26N4S. The Bertz CT molecular complexity index is 740. The van der Waals surface area contributed by atoms with Crippen molar-refractivity contribution in [2.45, 2.75) is 58.4 Å². The van der Waals surface area contributed by atoms with E-state index in [1.54, 1.807) is 0 Å². The molecule has 0 spiro atoms. The van der Waals surface area contributed by atoms with E-state index in [1.807, 2.05) is 10.8 Å². The van der Waals surface area contributed by atoms with Gasteiger partial charge in [-0.15, -0.1) is 6.58 Å². The van der Waals surface area contributed by atoms with Gasteiger partial charge in [-0.2, -0.15) is 5.10 Å². The molecule has 1 fully saturated rings. The topological polar surface area (TPSA) is 26.0 Å². The molecule has 128 valence electrons. The number of rotatable bonds is 8. The minimum atomic E-state index is 0.418. The van der Waals surface area contributed by atoms with E-state index in [0.29, 0.717) is 12.0 Å². The largest absolute Gasteiger partial charge is 0.300 e. The first-order chi connectivity index (χ1) is 11.6. The molecule has 24 heavy (non-hydrogen) atoms. The summed E-state index contributed by atoms with van der Waals surface area (Å²) in [5, 5.41) is 4.84. The van der Waals surface area contributed by atoms with Crippen LogP contribution >= 0.6 is 12.2 Å². The normalized spacial score (nSPS) is 14.5. The van der Waals surface area contributed by atoms with Crippen LogP contribution in [0.25, 0.3) is 0 Å². The zero-order valence-corrected chi connectivity index (χ0v) is 15.4. The molecule has 2 aromatic rings. The van der Waals surface area contributed by atoms with Gasteiger partial charge < -0.3 is 0 Å². The molecule has 4 nitrogen and oxygen atoms in total. The lowest BCUT2D eigenvalue weighted by atomic mass is 10.2. The van der Waals surface area contributed by atoms with Gasteiger partial charge in [0.2, 0.25) is 0 Å². The maximum Gasteiger partial charge on any atom is 0.199 e. The Kier molecular flexibility index (Phi) is 5.31. The highest BCUT2D eigenvalue weighted by atomic mass is 32.1. The monoisotopic (exact) mass is 342 g/mol. The summed E-state index contributed by atoms with van der Waals surface area (Å²) < 4.78 is 4.92. The van der Waals surface area contributed by atoms with Gasteiger partial charge in [-0.05, 0) is 44.5 Å². The summed E-state index contributed by atoms with van der Waals surface area (Å²) in [6.07, 6.45) is 4.35. The van der Waals surface area contributed by atoms with Crippen LogP contribution in [0.3, 0.4) is 0 Å². The fourth-order valence-corrected chi connectivity index (χ4v) is 3.15. The molecule has 1 aromatic carbocycles. The maximum atomic E-state index is 5.68. The smallest absolute Gasteiger partial charge is 0.199 e. The van der Waals surface area contributed by atoms with Crippen LogP contribution in [0.1, 0.15) is 44.0 Å². The van der Waals surface area contributed by atoms with Crippen molar-refractivity contribution < 1.29 is 0 Å². The molecule has 0 radical (unpaired) electrons. The minimum absolute atomic E-state index is 0.418. The summed E-state index contributed by atoms with van der Waals surface area (Å²) in [4.78, 5) is 2.40. The van der Waals surface area contributed by atoms with Crippen LogP contribution in [-0.4, -0.2) is 25.3 Å². The van der Waals surface area contributed by atoms with Gasteiger partial charge in [0.1, 0.15) is 5.82 Å². The Hall–Kier alpha value is -1.72. The first-order valence-corrected chi connectivity index (χ1v) is 9.07. The third kappa shape index (κ3) is 3.84. The maximum absolute atomic E-state index is 5.68. The van der Waals surface area contributed by atoms with Crippen molar-refractivity contribution in [2.24, 2.45) is 0 Å². The Labute approximate surface area is 149 Å². The molecule has 0 unspecified atom stereocenters. The van der Waals surface area contributed by atoms with Crippen LogP contribution in [0.5, 0.6) is 0 Å². The number of benzene rings is 1. The fraction of sp³-hybridized carbons (Fsp3) is 0.474. The SMILES string of the molecule is C=CCn1c(C2CC2)nn(CN(Cc2ccccc2)C(C)C)c1=S. The Balaban J connectivity index is 1.83. The number of hydrogen-bond donors (Lipinski definition) is 0. The average Bonchev–Trinajstić information content (AvgIpc) is 3.37. The zero-order chi connectivity index (χ0) is 17.1. The molecule has 1 heterocycles. The van der Waals surface area contributed by atoms with E-state index in [0.717, 1.165) is 30.4 Å². The highest BCUT2D eigenvalue weighted by Crippen LogP contribution is 2.39. The molecule has 3 rings (SSSR count). The second-order valence-electron chi connectivity index (χ2n) is 6.78. The lowest BCUT2D eigenvalue weighted by molar-refractivity contribution is 0.153. The standard InChI is InChI=1S/C19H26N4S/c1-4-12-22-18(17-10-11-17)20-23(19(22)24)14-21(15(2)3)13-16-8-6-5-7-9-16/h4-9,15,17H,1,10-14H2,2-3H3. The Morgan fingerprint density at radius 2 is 2.04 bits per heavy atom. The predicted molar refractivity (Wildman–Crippen MR) is 100 cm³/mol. The van der Waals surface area contributed by atoms with Gasteiger partial charge in [0.05, 0.1) is 6.67 Å². The lowest BCUT2D eigenvalue weighted by Crippen LogP contribution is -2.33. The molecular weight excluding hydrogens is 316 g/mol. The Morgan fingerprint density at radius 1 is 1.33 bits per heavy atom. The van der Waals surface area contributed by atoms with E-state index in [4.69, 9.17) is 17.3 Å². The van der Waals surface area contributed by atoms with Gasteiger partial charge >= 0.3 is 0 Å². The van der Waals surface area contributed by atoms with Crippen LogP contribution in [0.2, 0.25) is 0 Å². The van der Waals surface area contributed by atoms with Gasteiger partial charge in [-0.1, -0.05) is 36.4 Å². The van der Waals surface area contributed by atoms with Crippen LogP contribution < -0.4 is 0 Å². The van der Waals surface area contributed by atoms with Crippen molar-refractivity contribution in [1.29, 1.82) is 0 Å². The van der Waals surface area contributed by atoms with Crippen molar-refractivity contribution >= 4 is 12.2 Å². The minimum Gasteiger partial charge on any atom is -0.300 e. The molecule has 0 atom stereocenters. The van der Waals surface area contributed by atoms with Crippen molar-refractivity contribution in [3.63, 3.8) is 0 Å². The average molecular weight is 343 g/mol. The van der Waals surface area contributed by atoms with Gasteiger partial charge in [0.25, 0.3) is 0 Å². The quantitative estimate of drug-likeness (QED) is 0.527. The van der Waals surface area contributed by atoms with E-state index in [1.165, 1.54) is 18.4 Å². The number of nitrogens with zero attached hydrogens (tertiary/aromatic N) is 4. The molecule has 0 aliphatic heterocycles. The molecule has 1 aliphatic rings. The third-order valence-corrected chi connectivity index (χ3v) is 4.91. The summed E-state index contributed by atoms with van der Waals surface area (Å²) in [5.41, 5.74) is 1.31. The molecule has 5 heteroatoms. The van der Waals surface area contributed by atoms with E-state index < -0.39 is 0 Å². The highest BCUT2D eigenvalue weighted by molar-refractivity contribution is 7.71. The van der Waals surface area contributed by atoms with Gasteiger partial charge in [-0.3, -0.25) is 9.47 Å². The van der Waals surface area contributed by atoms with Gasteiger partial charge in [0.15, 0.2) is 4.77 Å². The number of allylic oxidation sites excluding steroid dienone is 1. The van der Waals surface area contributed by atoms with Crippen molar-refractivity contribution in [1.82, 2.24) is 19.2 Å². The third-order valence-electron chi connectivity index (χ3n) is 4.48. The van der Waals surface area contributed by atoms with Crippen molar-refractivity contribution in [3.8, 4) is 0 Å². The summed E-state index contributed by atoms with van der Waals surface area (Å²) in [6.45, 7) is 10.6. The second-order valence-corrected chi connectivity index (χ2v) is 7.15. The van der Waals surface area contributed by atoms with Crippen molar-refractivity contribution in [3.05, 3.63) is 59.1 Å². The molecule has 0 bridgehead atoms. The van der Waals surface area contributed by atoms with Crippen LogP contribution in [0.4, 0.5) is 0 Å². The predicted octanol–water partition coefficient (Wildman–Crippen LogP) is 4.35. The van der Waals surface area contributed by atoms with Crippen molar-refractivity contribution in [2.75, 3.05) is 0 Å². The zero-order valence-electron chi connectivity index (χ0n) is 14.6. The van der Waals surface area contributed by atoms with Crippen LogP contribution in [0, 0.1) is 4.77 Å². The lowest BCUT2D eigenvalue weighted by Gasteiger charge is -2.26. The summed E-state index contributed by atoms with van der Waals surface area (Å²) in [6, 6.07) is 11.0. The molecule has 1 saturated carbocycles. The van der Waals surface area contributed by atoms with Crippen LogP contribution in [0.15, 0.2) is 43.0 Å². The first kappa shape index (κ1) is 17.1. The van der Waals surface area contributed by atoms with E-state index in [-0.39, 0.29) is 0 Å². The highest BCUT2D eigenvalue weighted by Gasteiger charge is 2.30. The van der Waals surface area contributed by atoms with E-state index in [2.05, 4.69) is 60.2 Å². The molecule has 0 N–H and O–H groups in total. The molecule has 1 aliphatic carbocycles. The fourth-order valence-electron chi connectivity index (χ4n) is 2.88. The molecule has 0 amide bonds. The first-order valence-electron chi connectivity index (χ1n) is 8.66. The summed E-state index contributed by atoms with van der Waals surface area (Å²) in [7, 11) is 0.